The summed E-state index contributed by atoms with van der Waals surface area (Å²) in [6.45, 7) is 0.202. The van der Waals surface area contributed by atoms with Crippen molar-refractivity contribution >= 4 is 50.4 Å². The SMILES string of the molecule is O=C1/C(=C/c2ccccc2OCc2ccccc2)SC(=S)N1CCS(=O)(=O)O. The molecule has 9 heteroatoms. The Bertz CT molecular complexity index is 1020. The van der Waals surface area contributed by atoms with Crippen molar-refractivity contribution in [1.29, 1.82) is 0 Å². The molecule has 1 N–H and O–H groups in total. The number of ether oxygens (including phenoxy) is 1. The monoisotopic (exact) mass is 435 g/mol. The maximum atomic E-state index is 12.6. The van der Waals surface area contributed by atoms with Crippen LogP contribution in [0.1, 0.15) is 11.1 Å². The van der Waals surface area contributed by atoms with E-state index in [2.05, 4.69) is 0 Å². The Labute approximate surface area is 172 Å². The molecule has 1 aliphatic rings. The van der Waals surface area contributed by atoms with Crippen LogP contribution in [-0.4, -0.2) is 40.4 Å². The third-order valence-electron chi connectivity index (χ3n) is 3.89. The van der Waals surface area contributed by atoms with E-state index in [1.54, 1.807) is 6.08 Å². The molecule has 0 unspecified atom stereocenters. The third kappa shape index (κ3) is 5.41. The second-order valence-corrected chi connectivity index (χ2v) is 9.18. The van der Waals surface area contributed by atoms with Crippen molar-refractivity contribution in [2.75, 3.05) is 12.3 Å². The summed E-state index contributed by atoms with van der Waals surface area (Å²) < 4.78 is 36.9. The van der Waals surface area contributed by atoms with Gasteiger partial charge in [-0.2, -0.15) is 8.42 Å². The maximum absolute atomic E-state index is 12.6. The number of amides is 1. The molecule has 0 radical (unpaired) electrons. The number of thiocarbonyl (C=S) groups is 1. The normalized spacial score (nSPS) is 16.0. The van der Waals surface area contributed by atoms with Crippen molar-refractivity contribution < 1.29 is 22.5 Å². The zero-order chi connectivity index (χ0) is 20.1. The van der Waals surface area contributed by atoms with E-state index in [9.17, 15) is 13.2 Å². The average molecular weight is 436 g/mol. The topological polar surface area (TPSA) is 83.9 Å². The van der Waals surface area contributed by atoms with E-state index in [1.807, 2.05) is 54.6 Å². The highest BCUT2D eigenvalue weighted by molar-refractivity contribution is 8.26. The predicted octanol–water partition coefficient (Wildman–Crippen LogP) is 3.35. The van der Waals surface area contributed by atoms with Crippen LogP contribution in [0.15, 0.2) is 59.5 Å². The lowest BCUT2D eigenvalue weighted by Crippen LogP contribution is -2.32. The summed E-state index contributed by atoms with van der Waals surface area (Å²) in [5, 5.41) is 0. The maximum Gasteiger partial charge on any atom is 0.266 e. The Kier molecular flexibility index (Phi) is 6.50. The molecule has 1 heterocycles. The molecule has 146 valence electrons. The third-order valence-corrected chi connectivity index (χ3v) is 5.97. The molecule has 0 aliphatic carbocycles. The van der Waals surface area contributed by atoms with Crippen molar-refractivity contribution in [3.63, 3.8) is 0 Å². The molecule has 3 rings (SSSR count). The fourth-order valence-corrected chi connectivity index (χ4v) is 4.22. The summed E-state index contributed by atoms with van der Waals surface area (Å²) >= 11 is 6.25. The van der Waals surface area contributed by atoms with E-state index in [1.165, 1.54) is 4.90 Å². The standard InChI is InChI=1S/C19H17NO5S3/c21-18-17(27-19(26)20(18)10-11-28(22,23)24)12-15-8-4-5-9-16(15)25-13-14-6-2-1-3-7-14/h1-9,12H,10-11,13H2,(H,22,23,24)/b17-12-. The van der Waals surface area contributed by atoms with Crippen molar-refractivity contribution in [2.45, 2.75) is 6.61 Å². The first-order valence-corrected chi connectivity index (χ1v) is 11.1. The number of hydrogen-bond acceptors (Lipinski definition) is 6. The Balaban J connectivity index is 1.76. The molecule has 28 heavy (non-hydrogen) atoms. The predicted molar refractivity (Wildman–Crippen MR) is 114 cm³/mol. The van der Waals surface area contributed by atoms with E-state index in [-0.39, 0.29) is 10.9 Å². The number of carbonyl (C=O) groups excluding carboxylic acids is 1. The van der Waals surface area contributed by atoms with Crippen LogP contribution in [0.5, 0.6) is 5.75 Å². The van der Waals surface area contributed by atoms with Gasteiger partial charge in [-0.15, -0.1) is 0 Å². The lowest BCUT2D eigenvalue weighted by molar-refractivity contribution is -0.121. The van der Waals surface area contributed by atoms with Gasteiger partial charge < -0.3 is 4.74 Å². The summed E-state index contributed by atoms with van der Waals surface area (Å²) in [5.74, 6) is -0.338. The number of hydrogen-bond donors (Lipinski definition) is 1. The first kappa shape index (κ1) is 20.5. The van der Waals surface area contributed by atoms with Gasteiger partial charge >= 0.3 is 0 Å². The Morgan fingerprint density at radius 3 is 2.50 bits per heavy atom. The molecule has 2 aromatic rings. The highest BCUT2D eigenvalue weighted by atomic mass is 32.2. The molecule has 2 aromatic carbocycles. The van der Waals surface area contributed by atoms with Crippen LogP contribution >= 0.6 is 24.0 Å². The molecule has 1 saturated heterocycles. The number of nitrogens with zero attached hydrogens (tertiary/aromatic N) is 1. The van der Waals surface area contributed by atoms with E-state index < -0.39 is 21.8 Å². The van der Waals surface area contributed by atoms with E-state index >= 15 is 0 Å². The van der Waals surface area contributed by atoms with Crippen LogP contribution in [0, 0.1) is 0 Å². The minimum atomic E-state index is -4.18. The van der Waals surface area contributed by atoms with Gasteiger partial charge in [-0.3, -0.25) is 14.2 Å². The highest BCUT2D eigenvalue weighted by Gasteiger charge is 2.32. The van der Waals surface area contributed by atoms with Gasteiger partial charge in [0.15, 0.2) is 0 Å². The molecule has 1 amide bonds. The number of rotatable bonds is 7. The van der Waals surface area contributed by atoms with Crippen molar-refractivity contribution in [1.82, 2.24) is 4.90 Å². The fourth-order valence-electron chi connectivity index (χ4n) is 2.51. The molecule has 1 fully saturated rings. The quantitative estimate of drug-likeness (QED) is 0.406. The second kappa shape index (κ2) is 8.87. The molecule has 1 aliphatic heterocycles. The molecule has 0 bridgehead atoms. The molecular weight excluding hydrogens is 418 g/mol. The largest absolute Gasteiger partial charge is 0.488 e. The zero-order valence-electron chi connectivity index (χ0n) is 14.6. The number of benzene rings is 2. The van der Waals surface area contributed by atoms with Gasteiger partial charge in [-0.05, 0) is 17.7 Å². The van der Waals surface area contributed by atoms with Crippen molar-refractivity contribution in [3.05, 3.63) is 70.6 Å². The van der Waals surface area contributed by atoms with Gasteiger partial charge in [0, 0.05) is 12.1 Å². The number of carbonyl (C=O) groups is 1. The summed E-state index contributed by atoms with van der Waals surface area (Å²) in [7, 11) is -4.18. The van der Waals surface area contributed by atoms with Crippen molar-refractivity contribution in [2.24, 2.45) is 0 Å². The van der Waals surface area contributed by atoms with Crippen LogP contribution in [0.25, 0.3) is 6.08 Å². The first-order valence-electron chi connectivity index (χ1n) is 8.30. The lowest BCUT2D eigenvalue weighted by Gasteiger charge is -2.12. The molecule has 6 nitrogen and oxygen atoms in total. The Hall–Kier alpha value is -2.20. The average Bonchev–Trinajstić information content (AvgIpc) is 2.92. The van der Waals surface area contributed by atoms with E-state index in [4.69, 9.17) is 21.5 Å². The second-order valence-electron chi connectivity index (χ2n) is 5.93. The molecule has 0 spiro atoms. The van der Waals surface area contributed by atoms with Gasteiger partial charge in [0.2, 0.25) is 0 Å². The molecule has 0 saturated carbocycles. The van der Waals surface area contributed by atoms with Crippen LogP contribution < -0.4 is 4.74 Å². The lowest BCUT2D eigenvalue weighted by atomic mass is 10.1. The van der Waals surface area contributed by atoms with E-state index in [0.717, 1.165) is 17.3 Å². The van der Waals surface area contributed by atoms with Gasteiger partial charge in [0.25, 0.3) is 16.0 Å². The van der Waals surface area contributed by atoms with Gasteiger partial charge in [-0.25, -0.2) is 0 Å². The highest BCUT2D eigenvalue weighted by Crippen LogP contribution is 2.34. The molecule has 0 aromatic heterocycles. The zero-order valence-corrected chi connectivity index (χ0v) is 17.1. The smallest absolute Gasteiger partial charge is 0.266 e. The number of para-hydroxylation sites is 1. The summed E-state index contributed by atoms with van der Waals surface area (Å²) in [6.07, 6.45) is 1.67. The van der Waals surface area contributed by atoms with E-state index in [0.29, 0.717) is 22.8 Å². The van der Waals surface area contributed by atoms with Gasteiger partial charge in [-0.1, -0.05) is 72.5 Å². The Morgan fingerprint density at radius 2 is 1.79 bits per heavy atom. The van der Waals surface area contributed by atoms with Crippen LogP contribution in [0.2, 0.25) is 0 Å². The minimum absolute atomic E-state index is 0.188. The molecular formula is C19H17NO5S3. The van der Waals surface area contributed by atoms with Crippen LogP contribution in [0.3, 0.4) is 0 Å². The summed E-state index contributed by atoms with van der Waals surface area (Å²) in [6, 6.07) is 17.0. The summed E-state index contributed by atoms with van der Waals surface area (Å²) in [5.41, 5.74) is 1.74. The fraction of sp³-hybridized carbons (Fsp3) is 0.158. The van der Waals surface area contributed by atoms with Crippen LogP contribution in [0.4, 0.5) is 0 Å². The minimum Gasteiger partial charge on any atom is -0.488 e. The van der Waals surface area contributed by atoms with Gasteiger partial charge in [0.1, 0.15) is 16.7 Å². The number of thioether (sulfide) groups is 1. The first-order chi connectivity index (χ1) is 13.3. The van der Waals surface area contributed by atoms with Gasteiger partial charge in [0.05, 0.1) is 10.7 Å². The van der Waals surface area contributed by atoms with Crippen LogP contribution in [-0.2, 0) is 21.5 Å². The Morgan fingerprint density at radius 1 is 1.11 bits per heavy atom. The molecule has 0 atom stereocenters. The van der Waals surface area contributed by atoms with Crippen molar-refractivity contribution in [3.8, 4) is 5.75 Å². The summed E-state index contributed by atoms with van der Waals surface area (Å²) in [4.78, 5) is 14.1.